The number of nitrogens with one attached hydrogen (secondary N) is 1. The predicted octanol–water partition coefficient (Wildman–Crippen LogP) is 1.95. The Morgan fingerprint density at radius 1 is 1.48 bits per heavy atom. The predicted molar refractivity (Wildman–Crippen MR) is 79.1 cm³/mol. The summed E-state index contributed by atoms with van der Waals surface area (Å²) in [5.74, 6) is -0.994. The van der Waals surface area contributed by atoms with Crippen molar-refractivity contribution < 1.29 is 18.3 Å². The molecule has 0 fully saturated rings. The van der Waals surface area contributed by atoms with E-state index in [1.54, 1.807) is 10.9 Å². The summed E-state index contributed by atoms with van der Waals surface area (Å²) in [6.45, 7) is 3.87. The van der Waals surface area contributed by atoms with Gasteiger partial charge in [0.05, 0.1) is 18.3 Å². The molecule has 0 unspecified atom stereocenters. The molecule has 0 aromatic carbocycles. The van der Waals surface area contributed by atoms with Crippen molar-refractivity contribution in [3.05, 3.63) is 29.4 Å². The number of hydrogen-bond acceptors (Lipinski definition) is 5. The molecule has 2 aromatic heterocycles. The molecule has 9 heteroatoms. The van der Waals surface area contributed by atoms with Gasteiger partial charge in [0.1, 0.15) is 4.21 Å². The molecule has 0 aliphatic heterocycles. The minimum Gasteiger partial charge on any atom is -0.481 e. The summed E-state index contributed by atoms with van der Waals surface area (Å²) in [6, 6.07) is 3.04. The molecule has 0 spiro atoms. The Kier molecular flexibility index (Phi) is 4.33. The molecule has 21 heavy (non-hydrogen) atoms. The number of carbonyl (C=O) groups is 1. The minimum atomic E-state index is -3.72. The van der Waals surface area contributed by atoms with E-state index >= 15 is 0 Å². The van der Waals surface area contributed by atoms with Gasteiger partial charge in [0.15, 0.2) is 0 Å². The lowest BCUT2D eigenvalue weighted by Gasteiger charge is -2.04. The van der Waals surface area contributed by atoms with Gasteiger partial charge < -0.3 is 5.11 Å². The number of sulfonamides is 1. The summed E-state index contributed by atoms with van der Waals surface area (Å²) >= 11 is 0.942. The van der Waals surface area contributed by atoms with E-state index in [1.807, 2.05) is 13.8 Å². The Bertz CT molecular complexity index is 746. The standard InChI is InChI=1S/C12H15N3O4S2/c1-8(2)15-7-9(6-13-15)14-21(18,19)12-4-3-10(20-12)5-11(16)17/h3-4,6-8,14H,5H2,1-2H3,(H,16,17). The quantitative estimate of drug-likeness (QED) is 0.843. The third kappa shape index (κ3) is 3.82. The first-order valence-corrected chi connectivity index (χ1v) is 8.45. The number of thiophene rings is 1. The van der Waals surface area contributed by atoms with E-state index in [1.165, 1.54) is 18.3 Å². The van der Waals surface area contributed by atoms with Crippen molar-refractivity contribution in [3.8, 4) is 0 Å². The topological polar surface area (TPSA) is 101 Å². The van der Waals surface area contributed by atoms with Crippen LogP contribution >= 0.6 is 11.3 Å². The third-order valence-electron chi connectivity index (χ3n) is 2.61. The van der Waals surface area contributed by atoms with Gasteiger partial charge in [0, 0.05) is 17.1 Å². The van der Waals surface area contributed by atoms with Crippen LogP contribution in [0.25, 0.3) is 0 Å². The van der Waals surface area contributed by atoms with E-state index in [9.17, 15) is 13.2 Å². The number of rotatable bonds is 6. The van der Waals surface area contributed by atoms with Gasteiger partial charge in [-0.2, -0.15) is 5.10 Å². The number of hydrogen-bond donors (Lipinski definition) is 2. The zero-order valence-corrected chi connectivity index (χ0v) is 13.1. The van der Waals surface area contributed by atoms with Gasteiger partial charge in [-0.1, -0.05) is 0 Å². The Morgan fingerprint density at radius 3 is 2.76 bits per heavy atom. The van der Waals surface area contributed by atoms with Gasteiger partial charge in [-0.15, -0.1) is 11.3 Å². The third-order valence-corrected chi connectivity index (χ3v) is 5.57. The zero-order chi connectivity index (χ0) is 15.6. The smallest absolute Gasteiger partial charge is 0.308 e. The summed E-state index contributed by atoms with van der Waals surface area (Å²) < 4.78 is 28.5. The minimum absolute atomic E-state index is 0.0797. The summed E-state index contributed by atoms with van der Waals surface area (Å²) in [5, 5.41) is 12.8. The number of carboxylic acid groups (broad SMARTS) is 1. The highest BCUT2D eigenvalue weighted by atomic mass is 32.2. The highest BCUT2D eigenvalue weighted by molar-refractivity contribution is 7.94. The van der Waals surface area contributed by atoms with Crippen molar-refractivity contribution in [1.82, 2.24) is 9.78 Å². The van der Waals surface area contributed by atoms with Crippen LogP contribution in [0.5, 0.6) is 0 Å². The van der Waals surface area contributed by atoms with Crippen molar-refractivity contribution in [3.63, 3.8) is 0 Å². The van der Waals surface area contributed by atoms with Crippen molar-refractivity contribution in [1.29, 1.82) is 0 Å². The fourth-order valence-electron chi connectivity index (χ4n) is 1.63. The molecule has 0 saturated heterocycles. The monoisotopic (exact) mass is 329 g/mol. The highest BCUT2D eigenvalue weighted by Gasteiger charge is 2.18. The van der Waals surface area contributed by atoms with Crippen LogP contribution in [0.4, 0.5) is 5.69 Å². The SMILES string of the molecule is CC(C)n1cc(NS(=O)(=O)c2ccc(CC(=O)O)s2)cn1. The molecule has 0 aliphatic rings. The average Bonchev–Trinajstić information content (AvgIpc) is 2.97. The maximum absolute atomic E-state index is 12.2. The second-order valence-electron chi connectivity index (χ2n) is 4.70. The molecular weight excluding hydrogens is 314 g/mol. The first-order valence-electron chi connectivity index (χ1n) is 6.15. The van der Waals surface area contributed by atoms with Crippen LogP contribution in [0.15, 0.2) is 28.7 Å². The van der Waals surface area contributed by atoms with Crippen LogP contribution < -0.4 is 4.72 Å². The van der Waals surface area contributed by atoms with E-state index in [0.717, 1.165) is 11.3 Å². The molecule has 0 atom stereocenters. The molecular formula is C12H15N3O4S2. The van der Waals surface area contributed by atoms with E-state index in [4.69, 9.17) is 5.11 Å². The van der Waals surface area contributed by atoms with Gasteiger partial charge in [-0.05, 0) is 26.0 Å². The maximum atomic E-state index is 12.2. The number of nitrogens with zero attached hydrogens (tertiary/aromatic N) is 2. The lowest BCUT2D eigenvalue weighted by atomic mass is 10.3. The van der Waals surface area contributed by atoms with Crippen LogP contribution in [-0.2, 0) is 21.2 Å². The Labute approximate surface area is 126 Å². The van der Waals surface area contributed by atoms with Gasteiger partial charge in [0.25, 0.3) is 10.0 Å². The molecule has 114 valence electrons. The molecule has 0 saturated carbocycles. The molecule has 2 heterocycles. The lowest BCUT2D eigenvalue weighted by molar-refractivity contribution is -0.136. The fourth-order valence-corrected chi connectivity index (χ4v) is 4.00. The average molecular weight is 329 g/mol. The molecule has 0 radical (unpaired) electrons. The van der Waals surface area contributed by atoms with Crippen molar-refractivity contribution >= 4 is 33.0 Å². The van der Waals surface area contributed by atoms with Crippen molar-refractivity contribution in [2.75, 3.05) is 4.72 Å². The molecule has 0 amide bonds. The number of anilines is 1. The summed E-state index contributed by atoms with van der Waals surface area (Å²) in [7, 11) is -3.72. The van der Waals surface area contributed by atoms with Crippen LogP contribution in [0.3, 0.4) is 0 Å². The molecule has 7 nitrogen and oxygen atoms in total. The summed E-state index contributed by atoms with van der Waals surface area (Å²) in [6.07, 6.45) is 2.85. The Hall–Kier alpha value is -1.87. The van der Waals surface area contributed by atoms with E-state index in [-0.39, 0.29) is 16.7 Å². The number of aromatic nitrogens is 2. The summed E-state index contributed by atoms with van der Waals surface area (Å²) in [4.78, 5) is 11.1. The normalized spacial score (nSPS) is 11.8. The van der Waals surface area contributed by atoms with Gasteiger partial charge in [-0.3, -0.25) is 14.2 Å². The lowest BCUT2D eigenvalue weighted by Crippen LogP contribution is -2.11. The molecule has 2 aromatic rings. The Balaban J connectivity index is 2.17. The number of carboxylic acids is 1. The first kappa shape index (κ1) is 15.5. The molecule has 0 bridgehead atoms. The second-order valence-corrected chi connectivity index (χ2v) is 7.78. The van der Waals surface area contributed by atoms with Crippen LogP contribution in [0, 0.1) is 0 Å². The summed E-state index contributed by atoms with van der Waals surface area (Å²) in [5.41, 5.74) is 0.372. The van der Waals surface area contributed by atoms with Gasteiger partial charge in [-0.25, -0.2) is 8.42 Å². The maximum Gasteiger partial charge on any atom is 0.308 e. The highest BCUT2D eigenvalue weighted by Crippen LogP contribution is 2.24. The molecule has 0 aliphatic carbocycles. The van der Waals surface area contributed by atoms with Gasteiger partial charge in [0.2, 0.25) is 0 Å². The fraction of sp³-hybridized carbons (Fsp3) is 0.333. The van der Waals surface area contributed by atoms with Crippen LogP contribution in [0.2, 0.25) is 0 Å². The first-order chi connectivity index (χ1) is 9.78. The van der Waals surface area contributed by atoms with Crippen molar-refractivity contribution in [2.45, 2.75) is 30.5 Å². The Morgan fingerprint density at radius 2 is 2.19 bits per heavy atom. The second kappa shape index (κ2) is 5.86. The largest absolute Gasteiger partial charge is 0.481 e. The van der Waals surface area contributed by atoms with Gasteiger partial charge >= 0.3 is 5.97 Å². The van der Waals surface area contributed by atoms with E-state index in [0.29, 0.717) is 10.6 Å². The molecule has 2 N–H and O–H groups in total. The van der Waals surface area contributed by atoms with Crippen LogP contribution in [0.1, 0.15) is 24.8 Å². The van der Waals surface area contributed by atoms with E-state index < -0.39 is 16.0 Å². The zero-order valence-electron chi connectivity index (χ0n) is 11.5. The number of aliphatic carboxylic acids is 1. The van der Waals surface area contributed by atoms with Crippen molar-refractivity contribution in [2.24, 2.45) is 0 Å². The van der Waals surface area contributed by atoms with Crippen LogP contribution in [-0.4, -0.2) is 29.3 Å². The molecule has 2 rings (SSSR count). The van der Waals surface area contributed by atoms with E-state index in [2.05, 4.69) is 9.82 Å².